The van der Waals surface area contributed by atoms with Crippen LogP contribution in [-0.4, -0.2) is 9.97 Å². The smallest absolute Gasteiger partial charge is 0.126 e. The molecule has 2 heteroatoms. The summed E-state index contributed by atoms with van der Waals surface area (Å²) in [6.07, 6.45) is 0. The lowest BCUT2D eigenvalue weighted by atomic mass is 9.99. The van der Waals surface area contributed by atoms with Crippen molar-refractivity contribution in [3.05, 3.63) is 48.3 Å². The van der Waals surface area contributed by atoms with Crippen molar-refractivity contribution in [1.29, 1.82) is 0 Å². The van der Waals surface area contributed by atoms with E-state index in [4.69, 9.17) is 0 Å². The predicted octanol–water partition coefficient (Wildman–Crippen LogP) is 3.68. The Kier molecular flexibility index (Phi) is 1.52. The third-order valence-electron chi connectivity index (χ3n) is 3.30. The van der Waals surface area contributed by atoms with Crippen LogP contribution in [0.3, 0.4) is 0 Å². The van der Waals surface area contributed by atoms with Crippen LogP contribution in [-0.2, 0) is 0 Å². The number of rotatable bonds is 0. The van der Waals surface area contributed by atoms with Crippen LogP contribution < -0.4 is 0 Å². The quantitative estimate of drug-likeness (QED) is 0.421. The van der Waals surface area contributed by atoms with E-state index in [9.17, 15) is 0 Å². The van der Waals surface area contributed by atoms with Gasteiger partial charge in [-0.1, -0.05) is 30.3 Å². The minimum atomic E-state index is 0.830. The SMILES string of the molecule is Cc1nc2ccc3cccc4ccc(n1)c2c34. The molecular formula is C15H10N2. The largest absolute Gasteiger partial charge is 0.233 e. The summed E-state index contributed by atoms with van der Waals surface area (Å²) in [6, 6.07) is 14.8. The normalized spacial score (nSPS) is 11.8. The molecule has 80 valence electrons. The van der Waals surface area contributed by atoms with Crippen LogP contribution in [0.2, 0.25) is 0 Å². The Morgan fingerprint density at radius 2 is 1.29 bits per heavy atom. The van der Waals surface area contributed by atoms with Crippen molar-refractivity contribution < 1.29 is 0 Å². The Balaban J connectivity index is 2.45. The Hall–Kier alpha value is -2.22. The van der Waals surface area contributed by atoms with Crippen LogP contribution >= 0.6 is 0 Å². The maximum atomic E-state index is 4.52. The van der Waals surface area contributed by atoms with Gasteiger partial charge in [-0.15, -0.1) is 0 Å². The minimum Gasteiger partial charge on any atom is -0.233 e. The molecule has 0 amide bonds. The summed E-state index contributed by atoms with van der Waals surface area (Å²) in [4.78, 5) is 9.03. The molecule has 0 fully saturated rings. The molecular weight excluding hydrogens is 208 g/mol. The number of aryl methyl sites for hydroxylation is 1. The molecule has 3 aromatic carbocycles. The lowest BCUT2D eigenvalue weighted by Gasteiger charge is -2.09. The molecule has 17 heavy (non-hydrogen) atoms. The van der Waals surface area contributed by atoms with Crippen LogP contribution in [0.1, 0.15) is 5.82 Å². The fraction of sp³-hybridized carbons (Fsp3) is 0.0667. The first-order valence-corrected chi connectivity index (χ1v) is 5.71. The molecule has 0 saturated heterocycles. The van der Waals surface area contributed by atoms with Gasteiger partial charge < -0.3 is 0 Å². The van der Waals surface area contributed by atoms with E-state index in [1.807, 2.05) is 6.92 Å². The second-order valence-electron chi connectivity index (χ2n) is 4.39. The van der Waals surface area contributed by atoms with Crippen molar-refractivity contribution in [2.45, 2.75) is 6.92 Å². The van der Waals surface area contributed by atoms with Crippen molar-refractivity contribution in [3.8, 4) is 0 Å². The Morgan fingerprint density at radius 1 is 0.706 bits per heavy atom. The molecule has 1 heterocycles. The van der Waals surface area contributed by atoms with Crippen molar-refractivity contribution in [2.75, 3.05) is 0 Å². The van der Waals surface area contributed by atoms with Gasteiger partial charge in [-0.25, -0.2) is 9.97 Å². The molecule has 0 aliphatic rings. The summed E-state index contributed by atoms with van der Waals surface area (Å²) in [5.41, 5.74) is 2.08. The monoisotopic (exact) mass is 218 g/mol. The number of benzene rings is 3. The van der Waals surface area contributed by atoms with Gasteiger partial charge in [0.1, 0.15) is 5.82 Å². The number of hydrogen-bond donors (Lipinski definition) is 0. The van der Waals surface area contributed by atoms with E-state index in [1.165, 1.54) is 21.5 Å². The summed E-state index contributed by atoms with van der Waals surface area (Å²) in [5.74, 6) is 0.830. The second kappa shape index (κ2) is 2.92. The fourth-order valence-electron chi connectivity index (χ4n) is 2.61. The van der Waals surface area contributed by atoms with E-state index in [0.717, 1.165) is 16.9 Å². The van der Waals surface area contributed by atoms with E-state index in [1.54, 1.807) is 0 Å². The topological polar surface area (TPSA) is 25.8 Å². The van der Waals surface area contributed by atoms with Crippen LogP contribution in [0.5, 0.6) is 0 Å². The zero-order chi connectivity index (χ0) is 11.4. The van der Waals surface area contributed by atoms with Gasteiger partial charge in [-0.2, -0.15) is 0 Å². The summed E-state index contributed by atoms with van der Waals surface area (Å²) < 4.78 is 0. The third kappa shape index (κ3) is 1.10. The maximum Gasteiger partial charge on any atom is 0.126 e. The maximum absolute atomic E-state index is 4.52. The van der Waals surface area contributed by atoms with Gasteiger partial charge in [0, 0.05) is 10.8 Å². The summed E-state index contributed by atoms with van der Waals surface area (Å²) in [5, 5.41) is 4.98. The molecule has 0 unspecified atom stereocenters. The highest BCUT2D eigenvalue weighted by atomic mass is 14.9. The Labute approximate surface area is 98.3 Å². The van der Waals surface area contributed by atoms with E-state index in [-0.39, 0.29) is 0 Å². The predicted molar refractivity (Wildman–Crippen MR) is 70.5 cm³/mol. The van der Waals surface area contributed by atoms with Crippen LogP contribution in [0.15, 0.2) is 42.5 Å². The number of aromatic nitrogens is 2. The van der Waals surface area contributed by atoms with Gasteiger partial charge in [0.25, 0.3) is 0 Å². The van der Waals surface area contributed by atoms with Gasteiger partial charge in [0.05, 0.1) is 11.0 Å². The highest BCUT2D eigenvalue weighted by Gasteiger charge is 2.09. The fourth-order valence-corrected chi connectivity index (χ4v) is 2.61. The molecule has 0 aliphatic heterocycles. The zero-order valence-electron chi connectivity index (χ0n) is 9.44. The second-order valence-corrected chi connectivity index (χ2v) is 4.39. The summed E-state index contributed by atoms with van der Waals surface area (Å²) in [6.45, 7) is 1.94. The van der Waals surface area contributed by atoms with Crippen molar-refractivity contribution in [3.63, 3.8) is 0 Å². The van der Waals surface area contributed by atoms with Gasteiger partial charge in [0.15, 0.2) is 0 Å². The molecule has 0 radical (unpaired) electrons. The van der Waals surface area contributed by atoms with Gasteiger partial charge in [-0.3, -0.25) is 0 Å². The Morgan fingerprint density at radius 3 is 1.88 bits per heavy atom. The summed E-state index contributed by atoms with van der Waals surface area (Å²) >= 11 is 0. The van der Waals surface area contributed by atoms with E-state index in [2.05, 4.69) is 52.4 Å². The van der Waals surface area contributed by atoms with Crippen LogP contribution in [0.25, 0.3) is 32.6 Å². The first kappa shape index (κ1) is 8.88. The number of hydrogen-bond acceptors (Lipinski definition) is 2. The molecule has 0 N–H and O–H groups in total. The average molecular weight is 218 g/mol. The molecule has 4 rings (SSSR count). The molecule has 0 atom stereocenters. The first-order chi connectivity index (χ1) is 8.33. The van der Waals surface area contributed by atoms with Crippen LogP contribution in [0.4, 0.5) is 0 Å². The highest BCUT2D eigenvalue weighted by Crippen LogP contribution is 2.32. The molecule has 4 aromatic rings. The van der Waals surface area contributed by atoms with Crippen molar-refractivity contribution in [1.82, 2.24) is 9.97 Å². The van der Waals surface area contributed by atoms with Crippen molar-refractivity contribution in [2.24, 2.45) is 0 Å². The van der Waals surface area contributed by atoms with Gasteiger partial charge in [-0.05, 0) is 29.8 Å². The number of nitrogens with zero attached hydrogens (tertiary/aromatic N) is 2. The van der Waals surface area contributed by atoms with Crippen molar-refractivity contribution >= 4 is 32.6 Å². The molecule has 0 spiro atoms. The Bertz CT molecular complexity index is 785. The molecule has 0 aliphatic carbocycles. The zero-order valence-corrected chi connectivity index (χ0v) is 9.44. The van der Waals surface area contributed by atoms with E-state index >= 15 is 0 Å². The third-order valence-corrected chi connectivity index (χ3v) is 3.30. The lowest BCUT2D eigenvalue weighted by Crippen LogP contribution is -1.92. The minimum absolute atomic E-state index is 0.830. The van der Waals surface area contributed by atoms with E-state index < -0.39 is 0 Å². The standard InChI is InChI=1S/C15H10N2/c1-9-16-12-7-5-10-3-2-4-11-6-8-13(17-9)15(12)14(10)11/h2-8H,1H3. The molecule has 0 bridgehead atoms. The molecule has 1 aromatic heterocycles. The molecule has 0 saturated carbocycles. The first-order valence-electron chi connectivity index (χ1n) is 5.71. The molecule has 2 nitrogen and oxygen atoms in total. The average Bonchev–Trinajstić information content (AvgIpc) is 2.35. The van der Waals surface area contributed by atoms with E-state index in [0.29, 0.717) is 0 Å². The highest BCUT2D eigenvalue weighted by molar-refractivity contribution is 6.21. The lowest BCUT2D eigenvalue weighted by molar-refractivity contribution is 1.12. The van der Waals surface area contributed by atoms with Gasteiger partial charge >= 0.3 is 0 Å². The van der Waals surface area contributed by atoms with Crippen LogP contribution in [0, 0.1) is 6.92 Å². The summed E-state index contributed by atoms with van der Waals surface area (Å²) in [7, 11) is 0. The van der Waals surface area contributed by atoms with Gasteiger partial charge in [0.2, 0.25) is 0 Å².